The van der Waals surface area contributed by atoms with Gasteiger partial charge in [-0.2, -0.15) is 5.26 Å². The van der Waals surface area contributed by atoms with Gasteiger partial charge in [0, 0.05) is 18.2 Å². The fourth-order valence-electron chi connectivity index (χ4n) is 1.60. The van der Waals surface area contributed by atoms with Crippen LogP contribution in [0.5, 0.6) is 5.75 Å². The minimum Gasteiger partial charge on any atom is -0.474 e. The molecule has 0 amide bonds. The molecule has 1 aromatic rings. The predicted octanol–water partition coefficient (Wildman–Crippen LogP) is 2.35. The number of hydrogen-bond donors (Lipinski definition) is 1. The first-order valence-corrected chi connectivity index (χ1v) is 6.39. The second kappa shape index (κ2) is 6.97. The Hall–Kier alpha value is -1.60. The lowest BCUT2D eigenvalue weighted by molar-refractivity contribution is 0.247. The number of nitriles is 1. The van der Waals surface area contributed by atoms with E-state index in [2.05, 4.69) is 11.1 Å². The van der Waals surface area contributed by atoms with Crippen molar-refractivity contribution in [1.82, 2.24) is 4.98 Å². The van der Waals surface area contributed by atoms with Gasteiger partial charge in [-0.25, -0.2) is 0 Å². The molecular formula is C14H21N3O. The highest BCUT2D eigenvalue weighted by Crippen LogP contribution is 2.20. The van der Waals surface area contributed by atoms with E-state index in [0.717, 1.165) is 17.8 Å². The summed E-state index contributed by atoms with van der Waals surface area (Å²) in [6.45, 7) is 5.91. The fraction of sp³-hybridized carbons (Fsp3) is 0.571. The summed E-state index contributed by atoms with van der Waals surface area (Å²) in [6, 6.07) is 5.97. The molecule has 1 rings (SSSR count). The fourth-order valence-corrected chi connectivity index (χ4v) is 1.60. The van der Waals surface area contributed by atoms with E-state index in [0.29, 0.717) is 18.6 Å². The quantitative estimate of drug-likeness (QED) is 0.837. The highest BCUT2D eigenvalue weighted by molar-refractivity contribution is 5.30. The number of ether oxygens (including phenoxy) is 1. The van der Waals surface area contributed by atoms with Gasteiger partial charge in [0.25, 0.3) is 0 Å². The van der Waals surface area contributed by atoms with Crippen LogP contribution in [0, 0.1) is 18.3 Å². The maximum Gasteiger partial charge on any atom is 0.184 e. The summed E-state index contributed by atoms with van der Waals surface area (Å²) < 4.78 is 5.67. The molecule has 4 nitrogen and oxygen atoms in total. The summed E-state index contributed by atoms with van der Waals surface area (Å²) in [7, 11) is 0. The Kier molecular flexibility index (Phi) is 5.60. The summed E-state index contributed by atoms with van der Waals surface area (Å²) in [5.41, 5.74) is 7.74. The maximum atomic E-state index is 8.94. The summed E-state index contributed by atoms with van der Waals surface area (Å²) in [6.07, 6.45) is 1.80. The van der Waals surface area contributed by atoms with Gasteiger partial charge in [0.1, 0.15) is 11.8 Å². The van der Waals surface area contributed by atoms with Crippen molar-refractivity contribution in [2.24, 2.45) is 5.73 Å². The Labute approximate surface area is 109 Å². The van der Waals surface area contributed by atoms with Crippen molar-refractivity contribution in [3.63, 3.8) is 0 Å². The molecular weight excluding hydrogens is 226 g/mol. The third-order valence-electron chi connectivity index (χ3n) is 2.84. The molecule has 1 heterocycles. The van der Waals surface area contributed by atoms with E-state index in [4.69, 9.17) is 15.7 Å². The molecule has 0 aliphatic heterocycles. The van der Waals surface area contributed by atoms with E-state index in [9.17, 15) is 0 Å². The van der Waals surface area contributed by atoms with Crippen molar-refractivity contribution < 1.29 is 4.74 Å². The van der Waals surface area contributed by atoms with Gasteiger partial charge < -0.3 is 10.5 Å². The molecule has 4 heteroatoms. The topological polar surface area (TPSA) is 71.9 Å². The van der Waals surface area contributed by atoms with E-state index >= 15 is 0 Å². The lowest BCUT2D eigenvalue weighted by atomic mass is 10.1. The second-order valence-corrected chi connectivity index (χ2v) is 4.41. The van der Waals surface area contributed by atoms with Crippen molar-refractivity contribution >= 4 is 0 Å². The first-order valence-electron chi connectivity index (χ1n) is 6.39. The summed E-state index contributed by atoms with van der Waals surface area (Å²) in [5.74, 6) is 0.679. The summed E-state index contributed by atoms with van der Waals surface area (Å²) in [4.78, 5) is 4.47. The molecule has 98 valence electrons. The van der Waals surface area contributed by atoms with Gasteiger partial charge in [0.05, 0.1) is 5.69 Å². The zero-order valence-corrected chi connectivity index (χ0v) is 11.3. The average molecular weight is 247 g/mol. The van der Waals surface area contributed by atoms with Crippen LogP contribution in [-0.2, 0) is 6.42 Å². The average Bonchev–Trinajstić information content (AvgIpc) is 2.38. The van der Waals surface area contributed by atoms with Crippen LogP contribution in [-0.4, -0.2) is 17.1 Å². The minimum atomic E-state index is -0.425. The molecule has 0 fully saturated rings. The maximum absolute atomic E-state index is 8.94. The van der Waals surface area contributed by atoms with Crippen molar-refractivity contribution in [3.05, 3.63) is 23.5 Å². The standard InChI is InChI=1S/C14H21N3O/c1-4-11(16)8-13-14(7-6-10(3)17-13)18-12(5-2)9-15/h6-7,11-12H,4-5,8,16H2,1-3H3. The first-order chi connectivity index (χ1) is 8.60. The van der Waals surface area contributed by atoms with Crippen LogP contribution in [0.15, 0.2) is 12.1 Å². The van der Waals surface area contributed by atoms with Gasteiger partial charge in [-0.05, 0) is 31.9 Å². The molecule has 0 saturated carbocycles. The van der Waals surface area contributed by atoms with Crippen LogP contribution in [0.2, 0.25) is 0 Å². The molecule has 0 bridgehead atoms. The zero-order valence-electron chi connectivity index (χ0n) is 11.3. The van der Waals surface area contributed by atoms with Crippen LogP contribution in [0.1, 0.15) is 38.1 Å². The molecule has 1 aromatic heterocycles. The van der Waals surface area contributed by atoms with Crippen LogP contribution in [0.4, 0.5) is 0 Å². The number of aromatic nitrogens is 1. The van der Waals surface area contributed by atoms with E-state index in [1.165, 1.54) is 0 Å². The largest absolute Gasteiger partial charge is 0.474 e. The van der Waals surface area contributed by atoms with Crippen molar-refractivity contribution in [2.75, 3.05) is 0 Å². The van der Waals surface area contributed by atoms with Gasteiger partial charge in [0.15, 0.2) is 6.10 Å². The molecule has 2 N–H and O–H groups in total. The molecule has 0 spiro atoms. The van der Waals surface area contributed by atoms with Crippen molar-refractivity contribution in [3.8, 4) is 11.8 Å². The molecule has 0 radical (unpaired) electrons. The summed E-state index contributed by atoms with van der Waals surface area (Å²) in [5, 5.41) is 8.94. The third-order valence-corrected chi connectivity index (χ3v) is 2.84. The Morgan fingerprint density at radius 2 is 2.11 bits per heavy atom. The molecule has 0 aliphatic carbocycles. The van der Waals surface area contributed by atoms with Gasteiger partial charge in [-0.15, -0.1) is 0 Å². The first kappa shape index (κ1) is 14.5. The normalized spacial score (nSPS) is 13.7. The lowest BCUT2D eigenvalue weighted by Crippen LogP contribution is -2.23. The number of hydrogen-bond acceptors (Lipinski definition) is 4. The van der Waals surface area contributed by atoms with Gasteiger partial charge >= 0.3 is 0 Å². The number of aryl methyl sites for hydroxylation is 1. The molecule has 18 heavy (non-hydrogen) atoms. The van der Waals surface area contributed by atoms with Gasteiger partial charge in [-0.1, -0.05) is 13.8 Å². The Bertz CT molecular complexity index is 426. The molecule has 0 saturated heterocycles. The number of pyridine rings is 1. The smallest absolute Gasteiger partial charge is 0.184 e. The molecule has 2 atom stereocenters. The Balaban J connectivity index is 2.92. The third kappa shape index (κ3) is 4.01. The lowest BCUT2D eigenvalue weighted by Gasteiger charge is -2.16. The zero-order chi connectivity index (χ0) is 13.5. The van der Waals surface area contributed by atoms with E-state index < -0.39 is 6.10 Å². The molecule has 0 aliphatic rings. The van der Waals surface area contributed by atoms with Crippen LogP contribution in [0.3, 0.4) is 0 Å². The van der Waals surface area contributed by atoms with E-state index in [-0.39, 0.29) is 6.04 Å². The SMILES string of the molecule is CCC(N)Cc1nc(C)ccc1OC(C#N)CC. The summed E-state index contributed by atoms with van der Waals surface area (Å²) >= 11 is 0. The number of nitrogens with zero attached hydrogens (tertiary/aromatic N) is 2. The molecule has 2 unspecified atom stereocenters. The number of rotatable bonds is 6. The second-order valence-electron chi connectivity index (χ2n) is 4.41. The monoisotopic (exact) mass is 247 g/mol. The minimum absolute atomic E-state index is 0.0730. The highest BCUT2D eigenvalue weighted by Gasteiger charge is 2.13. The number of nitrogens with two attached hydrogens (primary N) is 1. The predicted molar refractivity (Wildman–Crippen MR) is 71.3 cm³/mol. The van der Waals surface area contributed by atoms with Gasteiger partial charge in [-0.3, -0.25) is 4.98 Å². The van der Waals surface area contributed by atoms with Gasteiger partial charge in [0.2, 0.25) is 0 Å². The van der Waals surface area contributed by atoms with E-state index in [1.54, 1.807) is 0 Å². The van der Waals surface area contributed by atoms with E-state index in [1.807, 2.05) is 32.9 Å². The Morgan fingerprint density at radius 3 is 2.67 bits per heavy atom. The van der Waals surface area contributed by atoms with Crippen LogP contribution >= 0.6 is 0 Å². The van der Waals surface area contributed by atoms with Crippen LogP contribution in [0.25, 0.3) is 0 Å². The van der Waals surface area contributed by atoms with Crippen molar-refractivity contribution in [2.45, 2.75) is 52.2 Å². The van der Waals surface area contributed by atoms with Crippen LogP contribution < -0.4 is 10.5 Å². The Morgan fingerprint density at radius 1 is 1.39 bits per heavy atom. The highest BCUT2D eigenvalue weighted by atomic mass is 16.5. The molecule has 0 aromatic carbocycles. The van der Waals surface area contributed by atoms with Crippen molar-refractivity contribution in [1.29, 1.82) is 5.26 Å².